The molecule has 1 aliphatic rings. The minimum absolute atomic E-state index is 0. The fourth-order valence-electron chi connectivity index (χ4n) is 3.48. The maximum atomic E-state index is 6.20. The number of nitrogens with zero attached hydrogens (tertiary/aromatic N) is 2. The van der Waals surface area contributed by atoms with E-state index >= 15 is 0 Å². The molecular formula is C24H43IN4O2. The first-order valence-corrected chi connectivity index (χ1v) is 11.6. The zero-order valence-corrected chi connectivity index (χ0v) is 22.2. The van der Waals surface area contributed by atoms with Crippen molar-refractivity contribution in [3.8, 4) is 5.75 Å². The highest BCUT2D eigenvalue weighted by molar-refractivity contribution is 14.0. The summed E-state index contributed by atoms with van der Waals surface area (Å²) in [7, 11) is 4.28. The second-order valence-corrected chi connectivity index (χ2v) is 8.41. The van der Waals surface area contributed by atoms with Crippen molar-refractivity contribution in [2.45, 2.75) is 65.0 Å². The third-order valence-electron chi connectivity index (χ3n) is 5.23. The molecule has 0 aliphatic carbocycles. The minimum atomic E-state index is 0. The van der Waals surface area contributed by atoms with Gasteiger partial charge in [0.25, 0.3) is 0 Å². The molecule has 1 unspecified atom stereocenters. The van der Waals surface area contributed by atoms with Crippen LogP contribution in [0.25, 0.3) is 0 Å². The largest absolute Gasteiger partial charge is 0.488 e. The van der Waals surface area contributed by atoms with Crippen LogP contribution in [-0.2, 0) is 11.3 Å². The van der Waals surface area contributed by atoms with Gasteiger partial charge in [-0.2, -0.15) is 0 Å². The number of aliphatic imine (C=N–C) groups is 1. The zero-order valence-electron chi connectivity index (χ0n) is 19.9. The molecule has 0 saturated carbocycles. The Morgan fingerprint density at radius 1 is 1.16 bits per heavy atom. The van der Waals surface area contributed by atoms with Crippen LogP contribution in [0.15, 0.2) is 23.2 Å². The van der Waals surface area contributed by atoms with Gasteiger partial charge in [-0.1, -0.05) is 31.4 Å². The lowest BCUT2D eigenvalue weighted by molar-refractivity contribution is 0.140. The Balaban J connectivity index is 0.00000480. The van der Waals surface area contributed by atoms with E-state index in [9.17, 15) is 0 Å². The normalized spacial score (nSPS) is 16.3. The SMILES string of the molecule is CCNC(=NCc1ccc(C)cc1OC1CCOC1)NCCCCCCCN(C)C.I. The molecule has 1 fully saturated rings. The van der Waals surface area contributed by atoms with E-state index in [0.29, 0.717) is 13.2 Å². The summed E-state index contributed by atoms with van der Waals surface area (Å²) in [4.78, 5) is 7.05. The zero-order chi connectivity index (χ0) is 21.6. The van der Waals surface area contributed by atoms with E-state index in [2.05, 4.69) is 61.7 Å². The Kier molecular flexibility index (Phi) is 14.9. The van der Waals surface area contributed by atoms with Crippen LogP contribution in [0.5, 0.6) is 5.75 Å². The molecule has 2 N–H and O–H groups in total. The summed E-state index contributed by atoms with van der Waals surface area (Å²) in [6.07, 6.45) is 7.45. The molecule has 1 atom stereocenters. The standard InChI is InChI=1S/C24H42N4O2.HI/c1-5-25-24(26-14-9-7-6-8-10-15-28(3)4)27-18-21-12-11-20(2)17-23(21)30-22-13-16-29-19-22;/h11-12,17,22H,5-10,13-16,18-19H2,1-4H3,(H2,25,26,27);1H. The van der Waals surface area contributed by atoms with Crippen molar-refractivity contribution in [1.29, 1.82) is 0 Å². The first-order chi connectivity index (χ1) is 14.6. The van der Waals surface area contributed by atoms with Gasteiger partial charge in [0.2, 0.25) is 0 Å². The number of rotatable bonds is 13. The van der Waals surface area contributed by atoms with Crippen LogP contribution in [-0.4, -0.2) is 63.9 Å². The molecule has 1 heterocycles. The van der Waals surface area contributed by atoms with Gasteiger partial charge in [0.1, 0.15) is 11.9 Å². The number of unbranched alkanes of at least 4 members (excludes halogenated alkanes) is 4. The van der Waals surface area contributed by atoms with Crippen molar-refractivity contribution in [3.63, 3.8) is 0 Å². The highest BCUT2D eigenvalue weighted by Gasteiger charge is 2.18. The number of nitrogens with one attached hydrogen (secondary N) is 2. The molecule has 2 rings (SSSR count). The van der Waals surface area contributed by atoms with Crippen molar-refractivity contribution in [3.05, 3.63) is 29.3 Å². The van der Waals surface area contributed by atoms with E-state index in [-0.39, 0.29) is 30.1 Å². The summed E-state index contributed by atoms with van der Waals surface area (Å²) in [6.45, 7) is 9.25. The van der Waals surface area contributed by atoms with Crippen LogP contribution < -0.4 is 15.4 Å². The van der Waals surface area contributed by atoms with Crippen LogP contribution in [0.3, 0.4) is 0 Å². The van der Waals surface area contributed by atoms with E-state index in [4.69, 9.17) is 14.5 Å². The summed E-state index contributed by atoms with van der Waals surface area (Å²) in [5, 5.41) is 6.83. The van der Waals surface area contributed by atoms with Crippen LogP contribution in [0, 0.1) is 6.92 Å². The van der Waals surface area contributed by atoms with Crippen LogP contribution in [0.2, 0.25) is 0 Å². The molecule has 7 heteroatoms. The predicted molar refractivity (Wildman–Crippen MR) is 141 cm³/mol. The van der Waals surface area contributed by atoms with E-state index in [1.807, 2.05) is 0 Å². The Labute approximate surface area is 206 Å². The lowest BCUT2D eigenvalue weighted by atomic mass is 10.1. The molecule has 1 saturated heterocycles. The molecular weight excluding hydrogens is 503 g/mol. The molecule has 31 heavy (non-hydrogen) atoms. The molecule has 0 spiro atoms. The molecule has 178 valence electrons. The fraction of sp³-hybridized carbons (Fsp3) is 0.708. The van der Waals surface area contributed by atoms with Crippen molar-refractivity contribution < 1.29 is 9.47 Å². The van der Waals surface area contributed by atoms with E-state index in [1.54, 1.807) is 0 Å². The average Bonchev–Trinajstić information content (AvgIpc) is 3.22. The lowest BCUT2D eigenvalue weighted by Gasteiger charge is -2.16. The number of halogens is 1. The fourth-order valence-corrected chi connectivity index (χ4v) is 3.48. The monoisotopic (exact) mass is 546 g/mol. The van der Waals surface area contributed by atoms with Gasteiger partial charge in [0, 0.05) is 25.1 Å². The number of ether oxygens (including phenoxy) is 2. The lowest BCUT2D eigenvalue weighted by Crippen LogP contribution is -2.37. The summed E-state index contributed by atoms with van der Waals surface area (Å²) >= 11 is 0. The first-order valence-electron chi connectivity index (χ1n) is 11.6. The van der Waals surface area contributed by atoms with Gasteiger partial charge in [-0.3, -0.25) is 0 Å². The second kappa shape index (κ2) is 16.6. The Hall–Kier alpha value is -1.06. The van der Waals surface area contributed by atoms with E-state index < -0.39 is 0 Å². The van der Waals surface area contributed by atoms with Crippen molar-refractivity contribution >= 4 is 29.9 Å². The van der Waals surface area contributed by atoms with Crippen LogP contribution in [0.4, 0.5) is 0 Å². The predicted octanol–water partition coefficient (Wildman–Crippen LogP) is 4.35. The summed E-state index contributed by atoms with van der Waals surface area (Å²) in [6, 6.07) is 6.36. The maximum Gasteiger partial charge on any atom is 0.191 e. The van der Waals surface area contributed by atoms with E-state index in [1.165, 1.54) is 44.2 Å². The first kappa shape index (κ1) is 28.0. The molecule has 0 amide bonds. The Morgan fingerprint density at radius 3 is 2.65 bits per heavy atom. The van der Waals surface area contributed by atoms with Crippen molar-refractivity contribution in [1.82, 2.24) is 15.5 Å². The van der Waals surface area contributed by atoms with Crippen molar-refractivity contribution in [2.24, 2.45) is 4.99 Å². The number of benzene rings is 1. The van der Waals surface area contributed by atoms with Gasteiger partial charge in [-0.15, -0.1) is 24.0 Å². The molecule has 1 aromatic rings. The second-order valence-electron chi connectivity index (χ2n) is 8.41. The Bertz CT molecular complexity index is 634. The molecule has 0 bridgehead atoms. The highest BCUT2D eigenvalue weighted by Crippen LogP contribution is 2.24. The summed E-state index contributed by atoms with van der Waals surface area (Å²) < 4.78 is 11.7. The average molecular weight is 547 g/mol. The number of hydrogen-bond acceptors (Lipinski definition) is 4. The molecule has 6 nitrogen and oxygen atoms in total. The number of aryl methyl sites for hydroxylation is 1. The van der Waals surface area contributed by atoms with Gasteiger partial charge in [0.05, 0.1) is 19.8 Å². The molecule has 0 radical (unpaired) electrons. The third kappa shape index (κ3) is 11.9. The smallest absolute Gasteiger partial charge is 0.191 e. The van der Waals surface area contributed by atoms with Crippen LogP contribution in [0.1, 0.15) is 56.6 Å². The van der Waals surface area contributed by atoms with Gasteiger partial charge in [-0.05, 0) is 59.0 Å². The molecule has 1 aliphatic heterocycles. The van der Waals surface area contributed by atoms with E-state index in [0.717, 1.165) is 43.4 Å². The van der Waals surface area contributed by atoms with Gasteiger partial charge in [-0.25, -0.2) is 4.99 Å². The van der Waals surface area contributed by atoms with Gasteiger partial charge >= 0.3 is 0 Å². The number of hydrogen-bond donors (Lipinski definition) is 2. The summed E-state index contributed by atoms with van der Waals surface area (Å²) in [5.41, 5.74) is 2.32. The maximum absolute atomic E-state index is 6.20. The van der Waals surface area contributed by atoms with Crippen LogP contribution >= 0.6 is 24.0 Å². The number of guanidine groups is 1. The minimum Gasteiger partial charge on any atom is -0.488 e. The quantitative estimate of drug-likeness (QED) is 0.167. The topological polar surface area (TPSA) is 58.1 Å². The Morgan fingerprint density at radius 2 is 1.94 bits per heavy atom. The van der Waals surface area contributed by atoms with Gasteiger partial charge in [0.15, 0.2) is 5.96 Å². The molecule has 1 aromatic carbocycles. The highest BCUT2D eigenvalue weighted by atomic mass is 127. The van der Waals surface area contributed by atoms with Gasteiger partial charge < -0.3 is 25.0 Å². The molecule has 0 aromatic heterocycles. The van der Waals surface area contributed by atoms with Crippen molar-refractivity contribution in [2.75, 3.05) is 46.9 Å². The third-order valence-corrected chi connectivity index (χ3v) is 5.23. The summed E-state index contributed by atoms with van der Waals surface area (Å²) in [5.74, 6) is 1.81.